The van der Waals surface area contributed by atoms with Gasteiger partial charge in [-0.3, -0.25) is 0 Å². The Kier molecular flexibility index (Phi) is 1.61. The zero-order valence-electron chi connectivity index (χ0n) is 6.03. The Bertz CT molecular complexity index is 323. The van der Waals surface area contributed by atoms with Gasteiger partial charge in [0.1, 0.15) is 6.61 Å². The fourth-order valence-corrected chi connectivity index (χ4v) is 1.63. The number of rotatable bonds is 1. The molecule has 0 saturated carbocycles. The average Bonchev–Trinajstić information content (AvgIpc) is 2.47. The van der Waals surface area contributed by atoms with Gasteiger partial charge in [-0.1, -0.05) is 0 Å². The molecule has 64 valence electrons. The molecule has 1 aromatic rings. The van der Waals surface area contributed by atoms with E-state index in [9.17, 15) is 4.79 Å². The number of aromatic nitrogens is 1. The van der Waals surface area contributed by atoms with Gasteiger partial charge in [0.2, 0.25) is 0 Å². The minimum absolute atomic E-state index is 0.164. The van der Waals surface area contributed by atoms with Gasteiger partial charge in [0.15, 0.2) is 16.4 Å². The molecular weight excluding hydrogens is 180 g/mol. The lowest BCUT2D eigenvalue weighted by atomic mass is 10.4. The third-order valence-electron chi connectivity index (χ3n) is 1.48. The van der Waals surface area contributed by atoms with Crippen LogP contribution in [0.25, 0.3) is 0 Å². The summed E-state index contributed by atoms with van der Waals surface area (Å²) in [5, 5.41) is 11.6. The van der Waals surface area contributed by atoms with Gasteiger partial charge in [0.05, 0.1) is 6.54 Å². The molecule has 0 unspecified atom stereocenters. The lowest BCUT2D eigenvalue weighted by Gasteiger charge is -2.13. The van der Waals surface area contributed by atoms with Gasteiger partial charge in [0, 0.05) is 0 Å². The van der Waals surface area contributed by atoms with Crippen LogP contribution in [0.5, 0.6) is 5.75 Å². The molecule has 1 aliphatic rings. The standard InChI is InChI=1S/C6H6N2O3S/c9-6(10)4-3-5(8-12-4)7-1-2-11-3/h1-2H2,(H,7,8)(H,9,10). The number of carboxylic acids is 1. The molecule has 2 heterocycles. The predicted octanol–water partition coefficient (Wildman–Crippen LogP) is 0.646. The monoisotopic (exact) mass is 186 g/mol. The smallest absolute Gasteiger partial charge is 0.351 e. The molecule has 1 aromatic heterocycles. The largest absolute Gasteiger partial charge is 0.486 e. The van der Waals surface area contributed by atoms with Crippen molar-refractivity contribution in [1.82, 2.24) is 4.37 Å². The second-order valence-electron chi connectivity index (χ2n) is 2.27. The van der Waals surface area contributed by atoms with Crippen molar-refractivity contribution < 1.29 is 14.6 Å². The Morgan fingerprint density at radius 1 is 1.75 bits per heavy atom. The molecule has 6 heteroatoms. The van der Waals surface area contributed by atoms with Gasteiger partial charge in [-0.05, 0) is 11.5 Å². The zero-order valence-corrected chi connectivity index (χ0v) is 6.85. The van der Waals surface area contributed by atoms with Crippen LogP contribution < -0.4 is 10.1 Å². The van der Waals surface area contributed by atoms with Gasteiger partial charge < -0.3 is 15.2 Å². The molecule has 0 spiro atoms. The molecule has 5 nitrogen and oxygen atoms in total. The summed E-state index contributed by atoms with van der Waals surface area (Å²) in [6, 6.07) is 0. The van der Waals surface area contributed by atoms with Crippen LogP contribution >= 0.6 is 11.5 Å². The van der Waals surface area contributed by atoms with Crippen molar-refractivity contribution in [2.75, 3.05) is 18.5 Å². The average molecular weight is 186 g/mol. The number of anilines is 1. The number of nitrogens with one attached hydrogen (secondary N) is 1. The number of carboxylic acid groups (broad SMARTS) is 1. The maximum absolute atomic E-state index is 10.6. The van der Waals surface area contributed by atoms with Crippen LogP contribution in [0.2, 0.25) is 0 Å². The van der Waals surface area contributed by atoms with E-state index in [1.54, 1.807) is 0 Å². The fourth-order valence-electron chi connectivity index (χ4n) is 0.987. The highest BCUT2D eigenvalue weighted by molar-refractivity contribution is 7.08. The Balaban J connectivity index is 2.44. The first kappa shape index (κ1) is 7.35. The van der Waals surface area contributed by atoms with E-state index in [4.69, 9.17) is 9.84 Å². The van der Waals surface area contributed by atoms with Crippen molar-refractivity contribution in [3.8, 4) is 5.75 Å². The molecule has 0 aromatic carbocycles. The van der Waals surface area contributed by atoms with Crippen molar-refractivity contribution >= 4 is 23.3 Å². The Hall–Kier alpha value is -1.30. The van der Waals surface area contributed by atoms with Crippen LogP contribution in [-0.4, -0.2) is 28.6 Å². The lowest BCUT2D eigenvalue weighted by molar-refractivity contribution is 0.0698. The molecule has 2 N–H and O–H groups in total. The van der Waals surface area contributed by atoms with Crippen molar-refractivity contribution in [2.45, 2.75) is 0 Å². The Morgan fingerprint density at radius 3 is 3.33 bits per heavy atom. The van der Waals surface area contributed by atoms with Crippen molar-refractivity contribution in [3.63, 3.8) is 0 Å². The summed E-state index contributed by atoms with van der Waals surface area (Å²) in [4.78, 5) is 10.8. The van der Waals surface area contributed by atoms with E-state index < -0.39 is 5.97 Å². The van der Waals surface area contributed by atoms with Gasteiger partial charge in [0.25, 0.3) is 0 Å². The number of hydrogen-bond donors (Lipinski definition) is 2. The number of hydrogen-bond acceptors (Lipinski definition) is 5. The highest BCUT2D eigenvalue weighted by Crippen LogP contribution is 2.33. The summed E-state index contributed by atoms with van der Waals surface area (Å²) >= 11 is 0.936. The minimum atomic E-state index is -0.988. The molecule has 0 bridgehead atoms. The topological polar surface area (TPSA) is 71.5 Å². The van der Waals surface area contributed by atoms with Crippen LogP contribution in [0.3, 0.4) is 0 Å². The van der Waals surface area contributed by atoms with Crippen LogP contribution in [0.15, 0.2) is 0 Å². The third kappa shape index (κ3) is 1.00. The normalized spacial score (nSPS) is 14.3. The van der Waals surface area contributed by atoms with E-state index in [-0.39, 0.29) is 4.88 Å². The highest BCUT2D eigenvalue weighted by Gasteiger charge is 2.22. The number of nitrogens with zero attached hydrogens (tertiary/aromatic N) is 1. The second-order valence-corrected chi connectivity index (χ2v) is 3.04. The highest BCUT2D eigenvalue weighted by atomic mass is 32.1. The predicted molar refractivity (Wildman–Crippen MR) is 43.1 cm³/mol. The molecule has 0 fully saturated rings. The summed E-state index contributed by atoms with van der Waals surface area (Å²) in [7, 11) is 0. The van der Waals surface area contributed by atoms with Crippen molar-refractivity contribution in [1.29, 1.82) is 0 Å². The van der Waals surface area contributed by atoms with Gasteiger partial charge in [-0.25, -0.2) is 4.79 Å². The molecule has 12 heavy (non-hydrogen) atoms. The maximum atomic E-state index is 10.6. The molecule has 0 radical (unpaired) electrons. The van der Waals surface area contributed by atoms with Gasteiger partial charge in [-0.2, -0.15) is 4.37 Å². The Morgan fingerprint density at radius 2 is 2.58 bits per heavy atom. The Labute approximate surface area is 72.1 Å². The first-order chi connectivity index (χ1) is 5.79. The molecule has 1 aliphatic heterocycles. The minimum Gasteiger partial charge on any atom is -0.486 e. The fraction of sp³-hybridized carbons (Fsp3) is 0.333. The quantitative estimate of drug-likeness (QED) is 0.673. The van der Waals surface area contributed by atoms with Crippen LogP contribution in [0.1, 0.15) is 9.67 Å². The molecule has 0 amide bonds. The van der Waals surface area contributed by atoms with E-state index >= 15 is 0 Å². The first-order valence-electron chi connectivity index (χ1n) is 3.38. The van der Waals surface area contributed by atoms with E-state index in [0.29, 0.717) is 24.7 Å². The van der Waals surface area contributed by atoms with E-state index in [0.717, 1.165) is 11.5 Å². The zero-order chi connectivity index (χ0) is 8.55. The van der Waals surface area contributed by atoms with Crippen molar-refractivity contribution in [2.24, 2.45) is 0 Å². The summed E-state index contributed by atoms with van der Waals surface area (Å²) < 4.78 is 9.06. The third-order valence-corrected chi connectivity index (χ3v) is 2.30. The SMILES string of the molecule is O=C(O)c1snc2c1OCCN2. The first-order valence-corrected chi connectivity index (χ1v) is 4.16. The molecule has 0 saturated heterocycles. The number of aromatic carboxylic acids is 1. The van der Waals surface area contributed by atoms with Crippen LogP contribution in [0, 0.1) is 0 Å². The van der Waals surface area contributed by atoms with Crippen LogP contribution in [-0.2, 0) is 0 Å². The molecule has 0 aliphatic carbocycles. The second kappa shape index (κ2) is 2.63. The summed E-state index contributed by atoms with van der Waals surface area (Å²) in [5.74, 6) is -0.0696. The number of fused-ring (bicyclic) bond motifs is 1. The number of carbonyl (C=O) groups is 1. The van der Waals surface area contributed by atoms with E-state index in [2.05, 4.69) is 9.69 Å². The van der Waals surface area contributed by atoms with Gasteiger partial charge >= 0.3 is 5.97 Å². The summed E-state index contributed by atoms with van der Waals surface area (Å²) in [6.07, 6.45) is 0. The van der Waals surface area contributed by atoms with Crippen LogP contribution in [0.4, 0.5) is 5.82 Å². The van der Waals surface area contributed by atoms with E-state index in [1.807, 2.05) is 0 Å². The molecule has 0 atom stereocenters. The maximum Gasteiger partial charge on any atom is 0.351 e. The van der Waals surface area contributed by atoms with Crippen molar-refractivity contribution in [3.05, 3.63) is 4.88 Å². The summed E-state index contributed by atoms with van der Waals surface area (Å²) in [5.41, 5.74) is 0. The summed E-state index contributed by atoms with van der Waals surface area (Å²) in [6.45, 7) is 1.17. The molecule has 2 rings (SSSR count). The van der Waals surface area contributed by atoms with E-state index in [1.165, 1.54) is 0 Å². The number of ether oxygens (including phenoxy) is 1. The molecular formula is C6H6N2O3S. The lowest BCUT2D eigenvalue weighted by Crippen LogP contribution is -2.18. The van der Waals surface area contributed by atoms with Gasteiger partial charge in [-0.15, -0.1) is 0 Å².